The molecule has 2 aromatic rings. The number of nitro benzene ring substituents is 1. The van der Waals surface area contributed by atoms with Gasteiger partial charge in [0.25, 0.3) is 5.69 Å². The van der Waals surface area contributed by atoms with Crippen molar-refractivity contribution in [2.24, 2.45) is 0 Å². The minimum atomic E-state index is -3.98. The van der Waals surface area contributed by atoms with E-state index in [1.165, 1.54) is 23.1 Å². The van der Waals surface area contributed by atoms with Gasteiger partial charge in [-0.25, -0.2) is 8.42 Å². The average molecular weight is 519 g/mol. The molecule has 0 spiro atoms. The van der Waals surface area contributed by atoms with E-state index in [1.807, 2.05) is 45.0 Å². The number of non-ortho nitro benzene ring substituents is 1. The lowest BCUT2D eigenvalue weighted by Gasteiger charge is -2.33. The van der Waals surface area contributed by atoms with Crippen LogP contribution < -0.4 is 9.62 Å². The molecule has 196 valence electrons. The Labute approximate surface area is 212 Å². The van der Waals surface area contributed by atoms with E-state index in [0.29, 0.717) is 12.8 Å². The van der Waals surface area contributed by atoms with E-state index >= 15 is 0 Å². The first-order valence-electron chi connectivity index (χ1n) is 11.8. The van der Waals surface area contributed by atoms with E-state index < -0.39 is 33.4 Å². The first-order valence-corrected chi connectivity index (χ1v) is 13.6. The number of anilines is 1. The lowest BCUT2D eigenvalue weighted by atomic mass is 10.1. The number of carbonyl (C=O) groups excluding carboxylic acids is 2. The summed E-state index contributed by atoms with van der Waals surface area (Å²) < 4.78 is 26.1. The van der Waals surface area contributed by atoms with Crippen molar-refractivity contribution in [2.45, 2.75) is 59.2 Å². The highest BCUT2D eigenvalue weighted by molar-refractivity contribution is 7.92. The summed E-state index contributed by atoms with van der Waals surface area (Å²) in [6, 6.07) is 11.6. The minimum Gasteiger partial charge on any atom is -0.352 e. The predicted octanol–water partition coefficient (Wildman–Crippen LogP) is 3.39. The maximum absolute atomic E-state index is 13.7. The minimum absolute atomic E-state index is 0.00648. The van der Waals surface area contributed by atoms with Crippen molar-refractivity contribution in [3.05, 3.63) is 69.8 Å². The summed E-state index contributed by atoms with van der Waals surface area (Å²) in [7, 11) is -3.98. The molecule has 10 nitrogen and oxygen atoms in total. The summed E-state index contributed by atoms with van der Waals surface area (Å²) in [5.41, 5.74) is 1.44. The summed E-state index contributed by atoms with van der Waals surface area (Å²) in [5, 5.41) is 14.1. The molecule has 2 aromatic carbocycles. The predicted molar refractivity (Wildman–Crippen MR) is 139 cm³/mol. The molecule has 2 rings (SSSR count). The molecule has 0 saturated carbocycles. The number of nitro groups is 1. The van der Waals surface area contributed by atoms with Gasteiger partial charge in [-0.1, -0.05) is 44.2 Å². The van der Waals surface area contributed by atoms with Crippen LogP contribution in [0.1, 0.15) is 44.7 Å². The number of sulfonamides is 1. The van der Waals surface area contributed by atoms with Gasteiger partial charge in [0.2, 0.25) is 21.8 Å². The molecule has 0 aliphatic rings. The van der Waals surface area contributed by atoms with Gasteiger partial charge in [-0.2, -0.15) is 0 Å². The molecule has 0 heterocycles. The van der Waals surface area contributed by atoms with Crippen LogP contribution in [0.3, 0.4) is 0 Å². The summed E-state index contributed by atoms with van der Waals surface area (Å²) in [4.78, 5) is 38.8. The molecule has 0 radical (unpaired) electrons. The Morgan fingerprint density at radius 3 is 2.31 bits per heavy atom. The van der Waals surface area contributed by atoms with Crippen LogP contribution in [0.25, 0.3) is 0 Å². The molecule has 0 fully saturated rings. The fourth-order valence-corrected chi connectivity index (χ4v) is 4.55. The number of aryl methyl sites for hydroxylation is 1. The topological polar surface area (TPSA) is 130 Å². The number of nitrogens with zero attached hydrogens (tertiary/aromatic N) is 3. The first kappa shape index (κ1) is 28.8. The highest BCUT2D eigenvalue weighted by Gasteiger charge is 2.32. The third-order valence-corrected chi connectivity index (χ3v) is 7.14. The van der Waals surface area contributed by atoms with Crippen LogP contribution in [0, 0.1) is 17.0 Å². The third kappa shape index (κ3) is 7.51. The number of benzene rings is 2. The zero-order valence-electron chi connectivity index (χ0n) is 21.3. The summed E-state index contributed by atoms with van der Waals surface area (Å²) in [5.74, 6) is -0.920. The zero-order chi connectivity index (χ0) is 27.0. The van der Waals surface area contributed by atoms with Crippen LogP contribution >= 0.6 is 0 Å². The van der Waals surface area contributed by atoms with Gasteiger partial charge >= 0.3 is 0 Å². The summed E-state index contributed by atoms with van der Waals surface area (Å²) in [6.07, 6.45) is 1.95. The molecular formula is C25H34N4O6S. The van der Waals surface area contributed by atoms with Gasteiger partial charge in [-0.3, -0.25) is 24.0 Å². The number of hydrogen-bond donors (Lipinski definition) is 1. The van der Waals surface area contributed by atoms with Crippen LogP contribution in [-0.4, -0.2) is 54.9 Å². The molecule has 1 N–H and O–H groups in total. The van der Waals surface area contributed by atoms with Gasteiger partial charge in [0, 0.05) is 24.7 Å². The highest BCUT2D eigenvalue weighted by Crippen LogP contribution is 2.24. The maximum atomic E-state index is 13.7. The van der Waals surface area contributed by atoms with E-state index in [4.69, 9.17) is 0 Å². The first-order chi connectivity index (χ1) is 16.9. The monoisotopic (exact) mass is 518 g/mol. The molecule has 0 aliphatic heterocycles. The number of amides is 2. The quantitative estimate of drug-likeness (QED) is 0.339. The standard InChI is InChI=1S/C25H34N4O6S/c1-6-19(4)26-25(31)23(7-2)27(16-20-12-9-8-11-18(20)3)24(30)17-28(36(5,34)35)21-13-10-14-22(15-21)29(32)33/h8-15,19,23H,6-7,16-17H2,1-5H3,(H,26,31)/t19-,23-/m0/s1. The van der Waals surface area contributed by atoms with E-state index in [1.54, 1.807) is 6.92 Å². The SMILES string of the molecule is CC[C@H](C)NC(=O)[C@H](CC)N(Cc1ccccc1C)C(=O)CN(c1cccc([N+](=O)[O-])c1)S(C)(=O)=O. The van der Waals surface area contributed by atoms with Gasteiger partial charge in [0.05, 0.1) is 16.9 Å². The van der Waals surface area contributed by atoms with Crippen molar-refractivity contribution < 1.29 is 22.9 Å². The van der Waals surface area contributed by atoms with Crippen molar-refractivity contribution in [3.8, 4) is 0 Å². The van der Waals surface area contributed by atoms with Crippen molar-refractivity contribution in [1.29, 1.82) is 0 Å². The molecule has 2 amide bonds. The molecule has 0 bridgehead atoms. The van der Waals surface area contributed by atoms with Crippen LogP contribution in [0.4, 0.5) is 11.4 Å². The summed E-state index contributed by atoms with van der Waals surface area (Å²) in [6.45, 7) is 6.97. The molecule has 0 aromatic heterocycles. The average Bonchev–Trinajstić information content (AvgIpc) is 2.82. The van der Waals surface area contributed by atoms with E-state index in [-0.39, 0.29) is 29.9 Å². The Hall–Kier alpha value is -3.47. The Bertz CT molecular complexity index is 1200. The highest BCUT2D eigenvalue weighted by atomic mass is 32.2. The molecule has 0 saturated heterocycles. The molecule has 0 unspecified atom stereocenters. The maximum Gasteiger partial charge on any atom is 0.271 e. The Morgan fingerprint density at radius 2 is 1.75 bits per heavy atom. The van der Waals surface area contributed by atoms with Gasteiger partial charge in [-0.15, -0.1) is 0 Å². The van der Waals surface area contributed by atoms with Gasteiger partial charge in [-0.05, 0) is 43.9 Å². The summed E-state index contributed by atoms with van der Waals surface area (Å²) >= 11 is 0. The van der Waals surface area contributed by atoms with Crippen LogP contribution in [0.15, 0.2) is 48.5 Å². The second-order valence-corrected chi connectivity index (χ2v) is 10.6. The van der Waals surface area contributed by atoms with Crippen molar-refractivity contribution >= 4 is 33.2 Å². The molecule has 11 heteroatoms. The van der Waals surface area contributed by atoms with E-state index in [2.05, 4.69) is 5.32 Å². The van der Waals surface area contributed by atoms with Gasteiger partial charge in [0.1, 0.15) is 12.6 Å². The van der Waals surface area contributed by atoms with E-state index in [9.17, 15) is 28.1 Å². The zero-order valence-corrected chi connectivity index (χ0v) is 22.1. The third-order valence-electron chi connectivity index (χ3n) is 6.00. The second kappa shape index (κ2) is 12.5. The Balaban J connectivity index is 2.49. The van der Waals surface area contributed by atoms with Gasteiger partial charge < -0.3 is 10.2 Å². The van der Waals surface area contributed by atoms with Crippen LogP contribution in [-0.2, 0) is 26.2 Å². The normalized spacial score (nSPS) is 12.9. The van der Waals surface area contributed by atoms with Crippen LogP contribution in [0.2, 0.25) is 0 Å². The van der Waals surface area contributed by atoms with E-state index in [0.717, 1.165) is 27.8 Å². The van der Waals surface area contributed by atoms with Crippen molar-refractivity contribution in [3.63, 3.8) is 0 Å². The fraction of sp³-hybridized carbons (Fsp3) is 0.440. The number of rotatable bonds is 12. The van der Waals surface area contributed by atoms with Gasteiger partial charge in [0.15, 0.2) is 0 Å². The second-order valence-electron chi connectivity index (χ2n) is 8.74. The largest absolute Gasteiger partial charge is 0.352 e. The lowest BCUT2D eigenvalue weighted by Crippen LogP contribution is -2.53. The number of carbonyl (C=O) groups is 2. The number of nitrogens with one attached hydrogen (secondary N) is 1. The van der Waals surface area contributed by atoms with Crippen LogP contribution in [0.5, 0.6) is 0 Å². The lowest BCUT2D eigenvalue weighted by molar-refractivity contribution is -0.384. The smallest absolute Gasteiger partial charge is 0.271 e. The van der Waals surface area contributed by atoms with Crippen molar-refractivity contribution in [2.75, 3.05) is 17.1 Å². The molecule has 36 heavy (non-hydrogen) atoms. The Kier molecular flexibility index (Phi) is 9.97. The molecular weight excluding hydrogens is 484 g/mol. The molecule has 2 atom stereocenters. The molecule has 0 aliphatic carbocycles. The fourth-order valence-electron chi connectivity index (χ4n) is 3.71. The van der Waals surface area contributed by atoms with Crippen molar-refractivity contribution in [1.82, 2.24) is 10.2 Å². The number of hydrogen-bond acceptors (Lipinski definition) is 6. The Morgan fingerprint density at radius 1 is 1.08 bits per heavy atom.